The molecule has 1 aromatic rings. The van der Waals surface area contributed by atoms with Gasteiger partial charge in [-0.15, -0.1) is 0 Å². The molecule has 0 heterocycles. The van der Waals surface area contributed by atoms with Gasteiger partial charge in [0.25, 0.3) is 0 Å². The largest absolute Gasteiger partial charge is 0.411 e. The van der Waals surface area contributed by atoms with Gasteiger partial charge in [-0.25, -0.2) is 0 Å². The van der Waals surface area contributed by atoms with Crippen LogP contribution in [0.5, 0.6) is 0 Å². The Balaban J connectivity index is 2.93. The summed E-state index contributed by atoms with van der Waals surface area (Å²) >= 11 is 0. The summed E-state index contributed by atoms with van der Waals surface area (Å²) in [6.45, 7) is 7.56. The first-order valence-electron chi connectivity index (χ1n) is 6.00. The predicted molar refractivity (Wildman–Crippen MR) is 74.2 cm³/mol. The van der Waals surface area contributed by atoms with Gasteiger partial charge in [0.05, 0.1) is 11.3 Å². The summed E-state index contributed by atoms with van der Waals surface area (Å²) in [7, 11) is 0. The quantitative estimate of drug-likeness (QED) is 0.371. The van der Waals surface area contributed by atoms with Gasteiger partial charge in [-0.05, 0) is 33.3 Å². The van der Waals surface area contributed by atoms with Gasteiger partial charge in [-0.2, -0.15) is 0 Å². The molecule has 0 aromatic heterocycles. The molecule has 0 aliphatic heterocycles. The Bertz CT molecular complexity index is 452. The van der Waals surface area contributed by atoms with E-state index in [2.05, 4.69) is 5.16 Å². The van der Waals surface area contributed by atoms with Crippen molar-refractivity contribution in [3.8, 4) is 0 Å². The molecule has 1 rings (SSSR count). The Hall–Kier alpha value is -1.61. The number of benzene rings is 1. The van der Waals surface area contributed by atoms with E-state index < -0.39 is 5.60 Å². The maximum Gasteiger partial charge on any atom is 0.0899 e. The van der Waals surface area contributed by atoms with E-state index in [0.29, 0.717) is 5.71 Å². The minimum Gasteiger partial charge on any atom is -0.411 e. The highest BCUT2D eigenvalue weighted by molar-refractivity contribution is 6.00. The van der Waals surface area contributed by atoms with Gasteiger partial charge in [0.1, 0.15) is 0 Å². The molecule has 0 spiro atoms. The van der Waals surface area contributed by atoms with E-state index in [0.717, 1.165) is 16.7 Å². The molecule has 0 aliphatic carbocycles. The van der Waals surface area contributed by atoms with Gasteiger partial charge in [-0.3, -0.25) is 0 Å². The molecule has 18 heavy (non-hydrogen) atoms. The van der Waals surface area contributed by atoms with Crippen molar-refractivity contribution in [2.75, 3.05) is 0 Å². The highest BCUT2D eigenvalue weighted by Gasteiger charge is 2.21. The average molecular weight is 247 g/mol. The second kappa shape index (κ2) is 5.83. The maximum absolute atomic E-state index is 10.2. The minimum atomic E-state index is -1.01. The molecule has 0 amide bonds. The zero-order chi connectivity index (χ0) is 13.8. The van der Waals surface area contributed by atoms with Crippen molar-refractivity contribution in [1.29, 1.82) is 0 Å². The summed E-state index contributed by atoms with van der Waals surface area (Å²) in [6.07, 6.45) is 2.05. The standard InChI is InChI=1S/C15H21NO2/c1-11(2)9-15(4,17)10-14(16-18)13-7-5-12(3)6-8-13/h5-9,17-18H,10H2,1-4H3/b16-14+. The Morgan fingerprint density at radius 1 is 1.28 bits per heavy atom. The number of nitrogens with zero attached hydrogens (tertiary/aromatic N) is 1. The highest BCUT2D eigenvalue weighted by atomic mass is 16.4. The van der Waals surface area contributed by atoms with Gasteiger partial charge in [-0.1, -0.05) is 46.6 Å². The zero-order valence-corrected chi connectivity index (χ0v) is 11.4. The van der Waals surface area contributed by atoms with Crippen LogP contribution < -0.4 is 0 Å². The van der Waals surface area contributed by atoms with E-state index in [1.165, 1.54) is 0 Å². The van der Waals surface area contributed by atoms with Gasteiger partial charge < -0.3 is 10.3 Å². The van der Waals surface area contributed by atoms with Crippen molar-refractivity contribution in [3.05, 3.63) is 47.0 Å². The number of hydrogen-bond acceptors (Lipinski definition) is 3. The summed E-state index contributed by atoms with van der Waals surface area (Å²) in [5.41, 5.74) is 2.47. The molecule has 2 N–H and O–H groups in total. The van der Waals surface area contributed by atoms with E-state index in [1.54, 1.807) is 13.0 Å². The molecular formula is C15H21NO2. The van der Waals surface area contributed by atoms with Crippen molar-refractivity contribution in [2.24, 2.45) is 5.16 Å². The van der Waals surface area contributed by atoms with Crippen LogP contribution in [-0.4, -0.2) is 21.6 Å². The number of aliphatic hydroxyl groups is 1. The van der Waals surface area contributed by atoms with E-state index in [-0.39, 0.29) is 6.42 Å². The molecule has 98 valence electrons. The molecule has 0 radical (unpaired) electrons. The fourth-order valence-electron chi connectivity index (χ4n) is 1.95. The SMILES string of the molecule is CC(C)=CC(C)(O)C/C(=N\O)c1ccc(C)cc1. The smallest absolute Gasteiger partial charge is 0.0899 e. The number of allylic oxidation sites excluding steroid dienone is 1. The summed E-state index contributed by atoms with van der Waals surface area (Å²) < 4.78 is 0. The molecule has 3 heteroatoms. The normalized spacial score (nSPS) is 15.1. The maximum atomic E-state index is 10.2. The molecule has 1 atom stereocenters. The topological polar surface area (TPSA) is 52.8 Å². The molecule has 0 saturated heterocycles. The number of oxime groups is 1. The Morgan fingerprint density at radius 2 is 1.83 bits per heavy atom. The number of hydrogen-bond donors (Lipinski definition) is 2. The van der Waals surface area contributed by atoms with Crippen molar-refractivity contribution >= 4 is 5.71 Å². The van der Waals surface area contributed by atoms with Crippen molar-refractivity contribution < 1.29 is 10.3 Å². The second-order valence-corrected chi connectivity index (χ2v) is 5.17. The van der Waals surface area contributed by atoms with Crippen LogP contribution in [0.4, 0.5) is 0 Å². The third-order valence-electron chi connectivity index (χ3n) is 2.63. The van der Waals surface area contributed by atoms with Gasteiger partial charge in [0, 0.05) is 6.42 Å². The lowest BCUT2D eigenvalue weighted by molar-refractivity contribution is 0.118. The predicted octanol–water partition coefficient (Wildman–Crippen LogP) is 3.28. The first-order valence-corrected chi connectivity index (χ1v) is 6.00. The molecule has 1 unspecified atom stereocenters. The number of rotatable bonds is 4. The average Bonchev–Trinajstić information content (AvgIpc) is 2.25. The lowest BCUT2D eigenvalue weighted by Crippen LogP contribution is -2.26. The molecule has 0 aliphatic rings. The molecular weight excluding hydrogens is 226 g/mol. The Labute approximate surface area is 108 Å². The Kier molecular flexibility index (Phi) is 4.68. The third-order valence-corrected chi connectivity index (χ3v) is 2.63. The van der Waals surface area contributed by atoms with Gasteiger partial charge >= 0.3 is 0 Å². The van der Waals surface area contributed by atoms with E-state index in [1.807, 2.05) is 45.0 Å². The van der Waals surface area contributed by atoms with Crippen LogP contribution in [0.15, 0.2) is 41.1 Å². The summed E-state index contributed by atoms with van der Waals surface area (Å²) in [5.74, 6) is 0. The summed E-state index contributed by atoms with van der Waals surface area (Å²) in [6, 6.07) is 7.69. The summed E-state index contributed by atoms with van der Waals surface area (Å²) in [5, 5.41) is 22.6. The fraction of sp³-hybridized carbons (Fsp3) is 0.400. The van der Waals surface area contributed by atoms with Crippen LogP contribution in [0.25, 0.3) is 0 Å². The van der Waals surface area contributed by atoms with Crippen molar-refractivity contribution in [2.45, 2.75) is 39.7 Å². The zero-order valence-electron chi connectivity index (χ0n) is 11.4. The number of aryl methyl sites for hydroxylation is 1. The fourth-order valence-corrected chi connectivity index (χ4v) is 1.95. The third kappa shape index (κ3) is 4.34. The molecule has 1 aromatic carbocycles. The van der Waals surface area contributed by atoms with Crippen molar-refractivity contribution in [3.63, 3.8) is 0 Å². The van der Waals surface area contributed by atoms with Crippen LogP contribution in [0.3, 0.4) is 0 Å². The van der Waals surface area contributed by atoms with Crippen molar-refractivity contribution in [1.82, 2.24) is 0 Å². The minimum absolute atomic E-state index is 0.276. The van der Waals surface area contributed by atoms with Crippen LogP contribution in [0.2, 0.25) is 0 Å². The van der Waals surface area contributed by atoms with Gasteiger partial charge in [0.2, 0.25) is 0 Å². The molecule has 3 nitrogen and oxygen atoms in total. The van der Waals surface area contributed by atoms with Gasteiger partial charge in [0.15, 0.2) is 0 Å². The summed E-state index contributed by atoms with van der Waals surface area (Å²) in [4.78, 5) is 0. The lowest BCUT2D eigenvalue weighted by Gasteiger charge is -2.20. The van der Waals surface area contributed by atoms with Crippen LogP contribution in [0.1, 0.15) is 38.3 Å². The van der Waals surface area contributed by atoms with E-state index in [4.69, 9.17) is 5.21 Å². The lowest BCUT2D eigenvalue weighted by atomic mass is 9.93. The molecule has 0 saturated carbocycles. The second-order valence-electron chi connectivity index (χ2n) is 5.17. The van der Waals surface area contributed by atoms with E-state index >= 15 is 0 Å². The highest BCUT2D eigenvalue weighted by Crippen LogP contribution is 2.18. The Morgan fingerprint density at radius 3 is 2.28 bits per heavy atom. The molecule has 0 bridgehead atoms. The van der Waals surface area contributed by atoms with Crippen LogP contribution in [0, 0.1) is 6.92 Å². The first kappa shape index (κ1) is 14.5. The monoisotopic (exact) mass is 247 g/mol. The first-order chi connectivity index (χ1) is 8.34. The molecule has 0 fully saturated rings. The van der Waals surface area contributed by atoms with E-state index in [9.17, 15) is 5.11 Å². The van der Waals surface area contributed by atoms with Crippen LogP contribution in [-0.2, 0) is 0 Å². The van der Waals surface area contributed by atoms with Crippen LogP contribution >= 0.6 is 0 Å².